The Morgan fingerprint density at radius 1 is 1.03 bits per heavy atom. The van der Waals surface area contributed by atoms with Gasteiger partial charge < -0.3 is 34.8 Å². The molecule has 37 heavy (non-hydrogen) atoms. The first-order chi connectivity index (χ1) is 17.2. The van der Waals surface area contributed by atoms with Crippen LogP contribution in [-0.4, -0.2) is 82.4 Å². The van der Waals surface area contributed by atoms with Gasteiger partial charge in [0.25, 0.3) is 0 Å². The van der Waals surface area contributed by atoms with Crippen LogP contribution >= 0.6 is 0 Å². The number of carboxylic acids is 3. The van der Waals surface area contributed by atoms with Gasteiger partial charge in [-0.25, -0.2) is 4.79 Å². The molecule has 13 heteroatoms. The van der Waals surface area contributed by atoms with E-state index >= 15 is 0 Å². The fourth-order valence-corrected chi connectivity index (χ4v) is 3.84. The zero-order valence-electron chi connectivity index (χ0n) is 21.3. The zero-order chi connectivity index (χ0) is 28.0. The average Bonchev–Trinajstić information content (AvgIpc) is 3.20. The van der Waals surface area contributed by atoms with Gasteiger partial charge in [-0.3, -0.25) is 14.5 Å². The van der Waals surface area contributed by atoms with Crippen molar-refractivity contribution < 1.29 is 44.7 Å². The Labute approximate surface area is 213 Å². The van der Waals surface area contributed by atoms with Gasteiger partial charge >= 0.3 is 17.9 Å². The number of hydrogen-bond acceptors (Lipinski definition) is 9. The van der Waals surface area contributed by atoms with E-state index in [1.807, 2.05) is 4.57 Å². The van der Waals surface area contributed by atoms with Crippen molar-refractivity contribution in [1.82, 2.24) is 19.7 Å². The number of benzene rings is 1. The van der Waals surface area contributed by atoms with Crippen molar-refractivity contribution in [3.8, 4) is 5.75 Å². The van der Waals surface area contributed by atoms with Crippen LogP contribution in [0.25, 0.3) is 0 Å². The molecule has 204 valence electrons. The average molecular weight is 523 g/mol. The van der Waals surface area contributed by atoms with Crippen molar-refractivity contribution in [2.75, 3.05) is 13.7 Å². The monoisotopic (exact) mass is 522 g/mol. The second kappa shape index (κ2) is 12.1. The number of nitrogens with zero attached hydrogens (tertiary/aromatic N) is 4. The number of ether oxygens (including phenoxy) is 1. The van der Waals surface area contributed by atoms with E-state index in [-0.39, 0.29) is 12.0 Å². The highest BCUT2D eigenvalue weighted by atomic mass is 16.5. The van der Waals surface area contributed by atoms with E-state index < -0.39 is 36.4 Å². The number of aliphatic carboxylic acids is 3. The number of methoxy groups -OCH3 is 1. The Morgan fingerprint density at radius 2 is 1.65 bits per heavy atom. The molecule has 1 aromatic heterocycles. The van der Waals surface area contributed by atoms with Crippen LogP contribution < -0.4 is 4.74 Å². The van der Waals surface area contributed by atoms with Gasteiger partial charge in [0, 0.05) is 25.2 Å². The lowest BCUT2D eigenvalue weighted by molar-refractivity contribution is -0.170. The van der Waals surface area contributed by atoms with Crippen molar-refractivity contribution in [3.05, 3.63) is 41.0 Å². The molecule has 1 aliphatic heterocycles. The largest absolute Gasteiger partial charge is 0.496 e. The maximum Gasteiger partial charge on any atom is 0.336 e. The highest BCUT2D eigenvalue weighted by Gasteiger charge is 2.40. The second-order valence-electron chi connectivity index (χ2n) is 9.81. The van der Waals surface area contributed by atoms with Crippen LogP contribution in [0.2, 0.25) is 0 Å². The molecule has 2 heterocycles. The lowest BCUT2D eigenvalue weighted by Gasteiger charge is -2.29. The number of carbonyl (C=O) groups is 3. The molecular formula is C24H34N4O9. The summed E-state index contributed by atoms with van der Waals surface area (Å²) in [6.07, 6.45) is -2.29. The van der Waals surface area contributed by atoms with Gasteiger partial charge in [0.05, 0.1) is 26.5 Å². The molecule has 0 amide bonds. The molecule has 2 aromatic rings. The molecule has 0 saturated carbocycles. The van der Waals surface area contributed by atoms with Crippen molar-refractivity contribution in [2.45, 2.75) is 70.9 Å². The molecule has 5 N–H and O–H groups in total. The molecule has 0 unspecified atom stereocenters. The zero-order valence-corrected chi connectivity index (χ0v) is 21.3. The van der Waals surface area contributed by atoms with Crippen molar-refractivity contribution >= 4 is 17.9 Å². The number of hydrogen-bond donors (Lipinski definition) is 5. The molecule has 0 atom stereocenters. The van der Waals surface area contributed by atoms with Crippen LogP contribution in [-0.2, 0) is 46.0 Å². The molecule has 0 saturated heterocycles. The minimum absolute atomic E-state index is 0.0611. The highest BCUT2D eigenvalue weighted by Crippen LogP contribution is 2.29. The Bertz CT molecular complexity index is 1110. The first-order valence-electron chi connectivity index (χ1n) is 11.5. The van der Waals surface area contributed by atoms with E-state index in [0.717, 1.165) is 37.8 Å². The predicted molar refractivity (Wildman–Crippen MR) is 129 cm³/mol. The lowest BCUT2D eigenvalue weighted by Crippen LogP contribution is -2.42. The molecule has 0 radical (unpaired) electrons. The molecule has 0 bridgehead atoms. The Kier molecular flexibility index (Phi) is 9.73. The van der Waals surface area contributed by atoms with E-state index in [1.165, 1.54) is 11.1 Å². The maximum atomic E-state index is 10.3. The maximum absolute atomic E-state index is 10.3. The van der Waals surface area contributed by atoms with Gasteiger partial charge in [-0.05, 0) is 17.0 Å². The van der Waals surface area contributed by atoms with E-state index in [0.29, 0.717) is 5.82 Å². The molecule has 1 aromatic carbocycles. The summed E-state index contributed by atoms with van der Waals surface area (Å²) in [6, 6.07) is 6.45. The molecular weight excluding hydrogens is 488 g/mol. The number of fused-ring (bicyclic) bond motifs is 1. The fourth-order valence-electron chi connectivity index (χ4n) is 3.84. The van der Waals surface area contributed by atoms with E-state index in [1.54, 1.807) is 7.11 Å². The van der Waals surface area contributed by atoms with Gasteiger partial charge in [-0.2, -0.15) is 0 Å². The minimum atomic E-state index is -2.74. The molecule has 1 aliphatic rings. The highest BCUT2D eigenvalue weighted by molar-refractivity contribution is 5.88. The summed E-state index contributed by atoms with van der Waals surface area (Å²) in [6.45, 7) is 9.86. The normalized spacial score (nSPS) is 13.8. The number of aliphatic hydroxyl groups is 2. The first-order valence-corrected chi connectivity index (χ1v) is 11.5. The summed E-state index contributed by atoms with van der Waals surface area (Å²) in [5.41, 5.74) is -0.127. The molecule has 0 spiro atoms. The SMILES string of the molecule is COc1ccc(C(C)(C)C)cc1CN1CCn2c(CO)nnc2C1.O=C(O)CC(O)(CC(=O)O)C(=O)O. The quantitative estimate of drug-likeness (QED) is 0.312. The standard InChI is InChI=1S/C18H26N4O2.C6H8O7/c1-18(2,3)14-5-6-15(24-4)13(9-14)10-21-7-8-22-16(11-21)19-20-17(22)12-23;7-3(8)1-6(13,5(11)12)2-4(9)10/h5-6,9,23H,7-8,10-12H2,1-4H3;13H,1-2H2,(H,7,8)(H,9,10)(H,11,12). The van der Waals surface area contributed by atoms with E-state index in [9.17, 15) is 19.5 Å². The summed E-state index contributed by atoms with van der Waals surface area (Å²) < 4.78 is 7.57. The van der Waals surface area contributed by atoms with Gasteiger partial charge in [0.15, 0.2) is 11.4 Å². The summed E-state index contributed by atoms with van der Waals surface area (Å²) in [4.78, 5) is 32.8. The molecule has 13 nitrogen and oxygen atoms in total. The first kappa shape index (κ1) is 29.7. The number of aliphatic hydroxyl groups excluding tert-OH is 1. The third-order valence-electron chi connectivity index (χ3n) is 5.88. The van der Waals surface area contributed by atoms with Crippen LogP contribution in [0.4, 0.5) is 0 Å². The van der Waals surface area contributed by atoms with Crippen LogP contribution in [0, 0.1) is 0 Å². The van der Waals surface area contributed by atoms with Gasteiger partial charge in [-0.1, -0.05) is 32.9 Å². The summed E-state index contributed by atoms with van der Waals surface area (Å²) in [7, 11) is 1.72. The van der Waals surface area contributed by atoms with Crippen LogP contribution in [0.1, 0.15) is 56.4 Å². The van der Waals surface area contributed by atoms with Gasteiger partial charge in [-0.15, -0.1) is 10.2 Å². The van der Waals surface area contributed by atoms with Crippen molar-refractivity contribution in [3.63, 3.8) is 0 Å². The predicted octanol–water partition coefficient (Wildman–Crippen LogP) is 0.844. The van der Waals surface area contributed by atoms with E-state index in [2.05, 4.69) is 54.1 Å². The van der Waals surface area contributed by atoms with Gasteiger partial charge in [0.2, 0.25) is 0 Å². The third kappa shape index (κ3) is 7.97. The Morgan fingerprint density at radius 3 is 2.14 bits per heavy atom. The number of aromatic nitrogens is 3. The van der Waals surface area contributed by atoms with Crippen molar-refractivity contribution in [2.24, 2.45) is 0 Å². The second-order valence-corrected chi connectivity index (χ2v) is 9.81. The van der Waals surface area contributed by atoms with Gasteiger partial charge in [0.1, 0.15) is 18.2 Å². The van der Waals surface area contributed by atoms with E-state index in [4.69, 9.17) is 25.2 Å². The lowest BCUT2D eigenvalue weighted by atomic mass is 9.86. The van der Waals surface area contributed by atoms with Crippen LogP contribution in [0.3, 0.4) is 0 Å². The van der Waals surface area contributed by atoms with Crippen LogP contribution in [0.15, 0.2) is 18.2 Å². The molecule has 3 rings (SSSR count). The smallest absolute Gasteiger partial charge is 0.336 e. The number of carboxylic acid groups (broad SMARTS) is 3. The Balaban J connectivity index is 0.000000317. The fraction of sp³-hybridized carbons (Fsp3) is 0.542. The summed E-state index contributed by atoms with van der Waals surface area (Å²) in [5, 5.41) is 51.4. The summed E-state index contributed by atoms with van der Waals surface area (Å²) >= 11 is 0. The minimum Gasteiger partial charge on any atom is -0.496 e. The topological polar surface area (TPSA) is 196 Å². The summed E-state index contributed by atoms with van der Waals surface area (Å²) in [5.74, 6) is -2.53. The third-order valence-corrected chi connectivity index (χ3v) is 5.88. The molecule has 0 fully saturated rings. The Hall–Kier alpha value is -3.55. The number of rotatable bonds is 9. The van der Waals surface area contributed by atoms with Crippen LogP contribution in [0.5, 0.6) is 5.75 Å². The molecule has 0 aliphatic carbocycles. The van der Waals surface area contributed by atoms with Crippen molar-refractivity contribution in [1.29, 1.82) is 0 Å².